The minimum atomic E-state index is -1.03. The summed E-state index contributed by atoms with van der Waals surface area (Å²) in [5.74, 6) is -0.700. The lowest BCUT2D eigenvalue weighted by molar-refractivity contribution is -0.127. The third-order valence-electron chi connectivity index (χ3n) is 8.27. The predicted molar refractivity (Wildman–Crippen MR) is 177 cm³/mol. The van der Waals surface area contributed by atoms with Crippen molar-refractivity contribution in [1.82, 2.24) is 35.9 Å². The number of carbonyl (C=O) groups is 3. The molecule has 2 aromatic carbocycles. The molecule has 0 saturated heterocycles. The van der Waals surface area contributed by atoms with Crippen molar-refractivity contribution in [3.05, 3.63) is 81.1 Å². The fraction of sp³-hybridized carbons (Fsp3) is 0.394. The number of aromatic nitrogens is 6. The number of nitrogens with one attached hydrogen (secondary N) is 4. The number of primary amides is 1. The number of tetrazole rings is 1. The molecule has 0 bridgehead atoms. The number of H-pyrrole nitrogens is 3. The lowest BCUT2D eigenvalue weighted by Gasteiger charge is -2.36. The van der Waals surface area contributed by atoms with Crippen molar-refractivity contribution in [2.75, 3.05) is 11.4 Å². The number of nitrogens with two attached hydrogens (primary N) is 1. The number of amides is 3. The van der Waals surface area contributed by atoms with Crippen molar-refractivity contribution < 1.29 is 19.1 Å². The van der Waals surface area contributed by atoms with Crippen LogP contribution in [0.4, 0.5) is 10.5 Å². The summed E-state index contributed by atoms with van der Waals surface area (Å²) in [7, 11) is 0. The van der Waals surface area contributed by atoms with Crippen molar-refractivity contribution in [3.8, 4) is 22.5 Å². The standard InChI is InChI=1S/C33H39N9O6/c1-33(2,3)48-32(47)36-17-20-6-10-23(11-7-20)30(45)42(24-14-12-22(13-15-24)28-38-40-41-39-28)26(27(34)43)16-19-4-8-21(9-5-19)25-18-35-31(46)37-29(25)44/h4-5,8-9,12-15,18,20,23,26H,6-7,10-11,16-17H2,1-3H3,(H2,34,43)(H,36,47)(H2,35,37,44,46)(H,38,39,40,41)/t20?,23?,26-/m0/s1. The Labute approximate surface area is 275 Å². The average molecular weight is 658 g/mol. The molecule has 252 valence electrons. The number of nitrogens with zero attached hydrogens (tertiary/aromatic N) is 4. The lowest BCUT2D eigenvalue weighted by atomic mass is 9.81. The fourth-order valence-corrected chi connectivity index (χ4v) is 5.86. The minimum absolute atomic E-state index is 0.116. The molecule has 1 atom stereocenters. The van der Waals surface area contributed by atoms with Gasteiger partial charge in [0.2, 0.25) is 17.6 Å². The Hall–Kier alpha value is -5.60. The van der Waals surface area contributed by atoms with E-state index in [1.165, 1.54) is 11.1 Å². The number of carbonyl (C=O) groups excluding carboxylic acids is 3. The van der Waals surface area contributed by atoms with Crippen LogP contribution >= 0.6 is 0 Å². The topological polar surface area (TPSA) is 222 Å². The van der Waals surface area contributed by atoms with Crippen LogP contribution in [0.2, 0.25) is 0 Å². The van der Waals surface area contributed by atoms with Crippen molar-refractivity contribution in [1.29, 1.82) is 0 Å². The van der Waals surface area contributed by atoms with E-state index < -0.39 is 34.9 Å². The summed E-state index contributed by atoms with van der Waals surface area (Å²) in [6, 6.07) is 12.8. The molecule has 1 aliphatic carbocycles. The molecular weight excluding hydrogens is 618 g/mol. The van der Waals surface area contributed by atoms with Crippen molar-refractivity contribution in [2.24, 2.45) is 17.6 Å². The van der Waals surface area contributed by atoms with E-state index in [4.69, 9.17) is 10.5 Å². The Bertz CT molecular complexity index is 1840. The van der Waals surface area contributed by atoms with E-state index in [9.17, 15) is 24.0 Å². The number of ether oxygens (including phenoxy) is 1. The Morgan fingerprint density at radius 1 is 1.00 bits per heavy atom. The van der Waals surface area contributed by atoms with Gasteiger partial charge in [-0.3, -0.25) is 24.3 Å². The van der Waals surface area contributed by atoms with Crippen LogP contribution in [0.1, 0.15) is 52.0 Å². The summed E-state index contributed by atoms with van der Waals surface area (Å²) >= 11 is 0. The Morgan fingerprint density at radius 3 is 2.25 bits per heavy atom. The molecule has 1 fully saturated rings. The number of alkyl carbamates (subject to hydrolysis) is 1. The Morgan fingerprint density at radius 2 is 1.67 bits per heavy atom. The summed E-state index contributed by atoms with van der Waals surface area (Å²) in [4.78, 5) is 69.4. The van der Waals surface area contributed by atoms with E-state index in [1.54, 1.807) is 69.3 Å². The predicted octanol–water partition coefficient (Wildman–Crippen LogP) is 2.67. The second-order valence-electron chi connectivity index (χ2n) is 12.9. The molecule has 5 rings (SSSR count). The summed E-state index contributed by atoms with van der Waals surface area (Å²) in [5, 5.41) is 16.8. The summed E-state index contributed by atoms with van der Waals surface area (Å²) in [6.45, 7) is 5.86. The van der Waals surface area contributed by atoms with Gasteiger partial charge in [0.25, 0.3) is 5.56 Å². The van der Waals surface area contributed by atoms with Gasteiger partial charge in [0.05, 0.1) is 5.56 Å². The second-order valence-corrected chi connectivity index (χ2v) is 12.9. The Kier molecular flexibility index (Phi) is 10.2. The van der Waals surface area contributed by atoms with Gasteiger partial charge in [-0.2, -0.15) is 5.21 Å². The van der Waals surface area contributed by atoms with E-state index in [2.05, 4.69) is 35.9 Å². The second kappa shape index (κ2) is 14.4. The minimum Gasteiger partial charge on any atom is -0.444 e. The third kappa shape index (κ3) is 8.40. The number of benzene rings is 2. The van der Waals surface area contributed by atoms with E-state index in [-0.39, 0.29) is 29.7 Å². The van der Waals surface area contributed by atoms with Gasteiger partial charge < -0.3 is 20.8 Å². The molecule has 4 aromatic rings. The largest absolute Gasteiger partial charge is 0.444 e. The van der Waals surface area contributed by atoms with Crippen LogP contribution in [-0.4, -0.2) is 66.7 Å². The van der Waals surface area contributed by atoms with Gasteiger partial charge in [0, 0.05) is 36.3 Å². The van der Waals surface area contributed by atoms with Crippen LogP contribution in [0, 0.1) is 11.8 Å². The van der Waals surface area contributed by atoms with Crippen molar-refractivity contribution >= 4 is 23.6 Å². The average Bonchev–Trinajstić information content (AvgIpc) is 3.59. The maximum absolute atomic E-state index is 14.3. The SMILES string of the molecule is CC(C)(C)OC(=O)NCC1CCC(C(=O)N(c2ccc(-c3nn[nH]n3)cc2)[C@@H](Cc2ccc(-c3c[nH]c(=O)[nH]c3=O)cc2)C(N)=O)CC1. The zero-order valence-corrected chi connectivity index (χ0v) is 27.0. The van der Waals surface area contributed by atoms with Gasteiger partial charge in [0.1, 0.15) is 11.6 Å². The normalized spacial score (nSPS) is 16.9. The molecule has 15 heteroatoms. The first-order chi connectivity index (χ1) is 22.9. The van der Waals surface area contributed by atoms with Crippen molar-refractivity contribution in [3.63, 3.8) is 0 Å². The Balaban J connectivity index is 1.36. The molecule has 0 unspecified atom stereocenters. The van der Waals surface area contributed by atoms with Crippen LogP contribution in [0.5, 0.6) is 0 Å². The van der Waals surface area contributed by atoms with E-state index in [1.807, 2.05) is 0 Å². The van der Waals surface area contributed by atoms with E-state index in [0.29, 0.717) is 60.4 Å². The van der Waals surface area contributed by atoms with Crippen LogP contribution in [0.3, 0.4) is 0 Å². The smallest absolute Gasteiger partial charge is 0.407 e. The highest BCUT2D eigenvalue weighted by atomic mass is 16.6. The molecule has 48 heavy (non-hydrogen) atoms. The molecule has 2 aromatic heterocycles. The van der Waals surface area contributed by atoms with Crippen LogP contribution in [-0.2, 0) is 20.7 Å². The highest BCUT2D eigenvalue weighted by molar-refractivity contribution is 6.01. The third-order valence-corrected chi connectivity index (χ3v) is 8.27. The zero-order valence-electron chi connectivity index (χ0n) is 27.0. The maximum Gasteiger partial charge on any atom is 0.407 e. The quantitative estimate of drug-likeness (QED) is 0.169. The molecule has 6 N–H and O–H groups in total. The number of hydrogen-bond donors (Lipinski definition) is 5. The van der Waals surface area contributed by atoms with Gasteiger partial charge >= 0.3 is 11.8 Å². The first-order valence-corrected chi connectivity index (χ1v) is 15.7. The first kappa shape index (κ1) is 33.8. The van der Waals surface area contributed by atoms with Crippen molar-refractivity contribution in [2.45, 2.75) is 64.5 Å². The molecule has 1 saturated carbocycles. The molecule has 0 aliphatic heterocycles. The molecule has 0 spiro atoms. The van der Waals surface area contributed by atoms with Crippen LogP contribution < -0.4 is 27.2 Å². The van der Waals surface area contributed by atoms with Gasteiger partial charge in [-0.05, 0) is 93.0 Å². The maximum atomic E-state index is 14.3. The molecule has 1 aliphatic rings. The van der Waals surface area contributed by atoms with Crippen LogP contribution in [0.15, 0.2) is 64.3 Å². The summed E-state index contributed by atoms with van der Waals surface area (Å²) in [5.41, 5.74) is 6.97. The lowest BCUT2D eigenvalue weighted by Crippen LogP contribution is -2.52. The number of aromatic amines is 3. The number of anilines is 1. The molecule has 15 nitrogen and oxygen atoms in total. The van der Waals surface area contributed by atoms with Gasteiger partial charge in [0.15, 0.2) is 0 Å². The fourth-order valence-electron chi connectivity index (χ4n) is 5.86. The number of rotatable bonds is 10. The highest BCUT2D eigenvalue weighted by Crippen LogP contribution is 2.33. The van der Waals surface area contributed by atoms with Gasteiger partial charge in [-0.1, -0.05) is 24.3 Å². The highest BCUT2D eigenvalue weighted by Gasteiger charge is 2.36. The summed E-state index contributed by atoms with van der Waals surface area (Å²) in [6.07, 6.45) is 3.55. The van der Waals surface area contributed by atoms with Crippen LogP contribution in [0.25, 0.3) is 22.5 Å². The first-order valence-electron chi connectivity index (χ1n) is 15.7. The zero-order chi connectivity index (χ0) is 34.4. The van der Waals surface area contributed by atoms with E-state index in [0.717, 1.165) is 0 Å². The molecule has 2 heterocycles. The molecule has 3 amide bonds. The van der Waals surface area contributed by atoms with Gasteiger partial charge in [-0.25, -0.2) is 9.59 Å². The van der Waals surface area contributed by atoms with Gasteiger partial charge in [-0.15, -0.1) is 10.2 Å². The molecular formula is C33H39N9O6. The monoisotopic (exact) mass is 657 g/mol. The number of hydrogen-bond acceptors (Lipinski definition) is 9. The molecule has 0 radical (unpaired) electrons. The summed E-state index contributed by atoms with van der Waals surface area (Å²) < 4.78 is 5.34. The van der Waals surface area contributed by atoms with E-state index >= 15 is 0 Å².